The molecule has 0 radical (unpaired) electrons. The predicted octanol–water partition coefficient (Wildman–Crippen LogP) is 4.62. The topological polar surface area (TPSA) is 12.0 Å². The zero-order chi connectivity index (χ0) is 12.8. The molecule has 1 aliphatic carbocycles. The summed E-state index contributed by atoms with van der Waals surface area (Å²) in [5.74, 6) is 2.62. The van der Waals surface area contributed by atoms with Gasteiger partial charge in [0.2, 0.25) is 0 Å². The minimum absolute atomic E-state index is 0.718. The maximum Gasteiger partial charge on any atom is 0.00900 e. The molecule has 0 aromatic carbocycles. The van der Waals surface area contributed by atoms with Crippen molar-refractivity contribution in [3.63, 3.8) is 0 Å². The van der Waals surface area contributed by atoms with E-state index in [1.165, 1.54) is 38.5 Å². The average molecular weight is 239 g/mol. The lowest BCUT2D eigenvalue weighted by Crippen LogP contribution is -2.40. The van der Waals surface area contributed by atoms with Crippen molar-refractivity contribution in [3.05, 3.63) is 0 Å². The van der Waals surface area contributed by atoms with Crippen molar-refractivity contribution in [1.82, 2.24) is 5.32 Å². The van der Waals surface area contributed by atoms with Crippen molar-refractivity contribution in [2.24, 2.45) is 17.8 Å². The van der Waals surface area contributed by atoms with Crippen LogP contribution in [0.2, 0.25) is 0 Å². The minimum Gasteiger partial charge on any atom is -0.311 e. The van der Waals surface area contributed by atoms with Crippen molar-refractivity contribution >= 4 is 0 Å². The van der Waals surface area contributed by atoms with E-state index < -0.39 is 0 Å². The van der Waals surface area contributed by atoms with E-state index in [-0.39, 0.29) is 0 Å². The maximum atomic E-state index is 3.90. The smallest absolute Gasteiger partial charge is 0.00900 e. The van der Waals surface area contributed by atoms with Crippen LogP contribution in [0, 0.1) is 17.8 Å². The lowest BCUT2D eigenvalue weighted by molar-refractivity contribution is 0.311. The van der Waals surface area contributed by atoms with E-state index >= 15 is 0 Å². The molecule has 3 atom stereocenters. The molecular formula is C16H33N. The molecule has 0 aliphatic heterocycles. The van der Waals surface area contributed by atoms with Crippen molar-refractivity contribution in [2.45, 2.75) is 85.2 Å². The van der Waals surface area contributed by atoms with E-state index in [0.717, 1.165) is 29.8 Å². The first-order valence-corrected chi connectivity index (χ1v) is 7.80. The van der Waals surface area contributed by atoms with Crippen LogP contribution in [0.4, 0.5) is 0 Å². The van der Waals surface area contributed by atoms with Crippen LogP contribution in [0.1, 0.15) is 73.1 Å². The van der Waals surface area contributed by atoms with Gasteiger partial charge in [-0.2, -0.15) is 0 Å². The van der Waals surface area contributed by atoms with Gasteiger partial charge in [-0.1, -0.05) is 47.5 Å². The van der Waals surface area contributed by atoms with Gasteiger partial charge in [0.05, 0.1) is 0 Å². The molecule has 17 heavy (non-hydrogen) atoms. The molecule has 0 heterocycles. The summed E-state index contributed by atoms with van der Waals surface area (Å²) in [6.07, 6.45) is 8.37. The molecule has 0 aromatic heterocycles. The van der Waals surface area contributed by atoms with Crippen LogP contribution in [-0.2, 0) is 0 Å². The second-order valence-corrected chi connectivity index (χ2v) is 6.63. The second-order valence-electron chi connectivity index (χ2n) is 6.63. The quantitative estimate of drug-likeness (QED) is 0.691. The normalized spacial score (nSPS) is 28.4. The van der Waals surface area contributed by atoms with Crippen LogP contribution in [-0.4, -0.2) is 12.1 Å². The summed E-state index contributed by atoms with van der Waals surface area (Å²) >= 11 is 0. The summed E-state index contributed by atoms with van der Waals surface area (Å²) in [7, 11) is 0. The summed E-state index contributed by atoms with van der Waals surface area (Å²) in [5.41, 5.74) is 0. The molecule has 0 aromatic rings. The number of hydrogen-bond donors (Lipinski definition) is 1. The molecule has 3 unspecified atom stereocenters. The Morgan fingerprint density at radius 2 is 1.71 bits per heavy atom. The van der Waals surface area contributed by atoms with E-state index in [9.17, 15) is 0 Å². The zero-order valence-electron chi connectivity index (χ0n) is 12.6. The highest BCUT2D eigenvalue weighted by Gasteiger charge is 2.23. The summed E-state index contributed by atoms with van der Waals surface area (Å²) < 4.78 is 0. The predicted molar refractivity (Wildman–Crippen MR) is 77.3 cm³/mol. The van der Waals surface area contributed by atoms with Crippen molar-refractivity contribution in [2.75, 3.05) is 0 Å². The van der Waals surface area contributed by atoms with Crippen molar-refractivity contribution < 1.29 is 0 Å². The molecule has 1 fully saturated rings. The third kappa shape index (κ3) is 4.99. The first-order valence-electron chi connectivity index (χ1n) is 7.80. The van der Waals surface area contributed by atoms with Gasteiger partial charge >= 0.3 is 0 Å². The molecule has 0 spiro atoms. The molecule has 0 amide bonds. The fourth-order valence-corrected chi connectivity index (χ4v) is 3.25. The van der Waals surface area contributed by atoms with Crippen LogP contribution in [0.3, 0.4) is 0 Å². The number of hydrogen-bond acceptors (Lipinski definition) is 1. The largest absolute Gasteiger partial charge is 0.311 e. The maximum absolute atomic E-state index is 3.90. The van der Waals surface area contributed by atoms with Gasteiger partial charge in [-0.3, -0.25) is 0 Å². The van der Waals surface area contributed by atoms with Gasteiger partial charge in [0.25, 0.3) is 0 Å². The van der Waals surface area contributed by atoms with Crippen LogP contribution < -0.4 is 5.32 Å². The molecule has 1 rings (SSSR count). The molecule has 102 valence electrons. The third-order valence-electron chi connectivity index (χ3n) is 4.65. The Balaban J connectivity index is 2.40. The lowest BCUT2D eigenvalue weighted by Gasteiger charge is -2.27. The molecule has 0 bridgehead atoms. The summed E-state index contributed by atoms with van der Waals surface area (Å²) in [6.45, 7) is 11.8. The van der Waals surface area contributed by atoms with Gasteiger partial charge in [0.1, 0.15) is 0 Å². The van der Waals surface area contributed by atoms with Crippen molar-refractivity contribution in [3.8, 4) is 0 Å². The Morgan fingerprint density at radius 1 is 1.00 bits per heavy atom. The highest BCUT2D eigenvalue weighted by molar-refractivity contribution is 4.80. The van der Waals surface area contributed by atoms with E-state index in [1.807, 2.05) is 0 Å². The van der Waals surface area contributed by atoms with Crippen LogP contribution in [0.15, 0.2) is 0 Å². The SMILES string of the molecule is CCC(NC1CCCC(C(C)C)CC1)C(C)C. The van der Waals surface area contributed by atoms with Gasteiger partial charge in [0.15, 0.2) is 0 Å². The lowest BCUT2D eigenvalue weighted by atomic mass is 9.89. The fourth-order valence-electron chi connectivity index (χ4n) is 3.25. The number of rotatable bonds is 5. The highest BCUT2D eigenvalue weighted by atomic mass is 15.0. The minimum atomic E-state index is 0.718. The molecule has 1 saturated carbocycles. The van der Waals surface area contributed by atoms with E-state index in [4.69, 9.17) is 0 Å². The van der Waals surface area contributed by atoms with Crippen LogP contribution in [0.5, 0.6) is 0 Å². The Labute approximate surface area is 109 Å². The molecule has 0 saturated heterocycles. The van der Waals surface area contributed by atoms with Gasteiger partial charge in [-0.15, -0.1) is 0 Å². The van der Waals surface area contributed by atoms with Crippen LogP contribution in [0.25, 0.3) is 0 Å². The summed E-state index contributed by atoms with van der Waals surface area (Å²) in [4.78, 5) is 0. The average Bonchev–Trinajstić information content (AvgIpc) is 2.50. The van der Waals surface area contributed by atoms with Gasteiger partial charge in [-0.05, 0) is 43.4 Å². The van der Waals surface area contributed by atoms with E-state index in [2.05, 4.69) is 39.9 Å². The molecule has 1 heteroatoms. The molecule has 1 aliphatic rings. The molecular weight excluding hydrogens is 206 g/mol. The summed E-state index contributed by atoms with van der Waals surface area (Å²) in [6, 6.07) is 1.50. The molecule has 1 nitrogen and oxygen atoms in total. The Morgan fingerprint density at radius 3 is 2.24 bits per heavy atom. The van der Waals surface area contributed by atoms with E-state index in [1.54, 1.807) is 0 Å². The first-order chi connectivity index (χ1) is 8.04. The monoisotopic (exact) mass is 239 g/mol. The second kappa shape index (κ2) is 7.41. The fraction of sp³-hybridized carbons (Fsp3) is 1.00. The Kier molecular flexibility index (Phi) is 6.54. The van der Waals surface area contributed by atoms with Gasteiger partial charge in [0, 0.05) is 12.1 Å². The highest BCUT2D eigenvalue weighted by Crippen LogP contribution is 2.29. The third-order valence-corrected chi connectivity index (χ3v) is 4.65. The van der Waals surface area contributed by atoms with Gasteiger partial charge in [-0.25, -0.2) is 0 Å². The van der Waals surface area contributed by atoms with Gasteiger partial charge < -0.3 is 5.32 Å². The number of nitrogens with one attached hydrogen (secondary N) is 1. The zero-order valence-corrected chi connectivity index (χ0v) is 12.6. The van der Waals surface area contributed by atoms with E-state index in [0.29, 0.717) is 0 Å². The molecule has 1 N–H and O–H groups in total. The Hall–Kier alpha value is -0.0400. The van der Waals surface area contributed by atoms with Crippen LogP contribution >= 0.6 is 0 Å². The Bertz CT molecular complexity index is 198. The van der Waals surface area contributed by atoms with Crippen molar-refractivity contribution in [1.29, 1.82) is 0 Å². The standard InChI is InChI=1S/C16H33N/c1-6-16(13(4)5)17-15-9-7-8-14(10-11-15)12(2)3/h12-17H,6-11H2,1-5H3. The summed E-state index contributed by atoms with van der Waals surface area (Å²) in [5, 5.41) is 3.90. The first kappa shape index (κ1) is 15.0.